The van der Waals surface area contributed by atoms with E-state index in [9.17, 15) is 13.2 Å². The Morgan fingerprint density at radius 2 is 2.20 bits per heavy atom. The smallest absolute Gasteiger partial charge is 0.384 e. The maximum atomic E-state index is 11.7. The molecule has 0 atom stereocenters. The number of ether oxygens (including phenoxy) is 1. The summed E-state index contributed by atoms with van der Waals surface area (Å²) in [5.41, 5.74) is 6.00. The van der Waals surface area contributed by atoms with E-state index in [-0.39, 0.29) is 13.2 Å². The van der Waals surface area contributed by atoms with Crippen LogP contribution in [0.4, 0.5) is 19.0 Å². The minimum Gasteiger partial charge on any atom is -0.384 e. The van der Waals surface area contributed by atoms with Gasteiger partial charge in [0.2, 0.25) is 0 Å². The molecule has 7 heteroatoms. The van der Waals surface area contributed by atoms with Crippen LogP contribution in [0.3, 0.4) is 0 Å². The summed E-state index contributed by atoms with van der Waals surface area (Å²) in [6.07, 6.45) is -5.13. The van der Waals surface area contributed by atoms with Gasteiger partial charge in [0, 0.05) is 13.1 Å². The molecule has 1 aromatic heterocycles. The predicted molar refractivity (Wildman–Crippen MR) is 47.9 cm³/mol. The molecule has 0 aliphatic rings. The van der Waals surface area contributed by atoms with Gasteiger partial charge in [-0.2, -0.15) is 18.3 Å². The number of nitrogens with two attached hydrogens (primary N) is 1. The van der Waals surface area contributed by atoms with Gasteiger partial charge in [-0.05, 0) is 0 Å². The van der Waals surface area contributed by atoms with Crippen LogP contribution in [-0.2, 0) is 18.4 Å². The van der Waals surface area contributed by atoms with Gasteiger partial charge in [-0.3, -0.25) is 4.68 Å². The number of aromatic nitrogens is 2. The first kappa shape index (κ1) is 11.8. The van der Waals surface area contributed by atoms with E-state index in [1.165, 1.54) is 4.68 Å². The van der Waals surface area contributed by atoms with Crippen molar-refractivity contribution < 1.29 is 17.9 Å². The van der Waals surface area contributed by atoms with Crippen molar-refractivity contribution in [2.24, 2.45) is 7.05 Å². The molecule has 4 nitrogen and oxygen atoms in total. The molecule has 1 heterocycles. The van der Waals surface area contributed by atoms with Crippen molar-refractivity contribution in [1.29, 1.82) is 0 Å². The van der Waals surface area contributed by atoms with Crippen molar-refractivity contribution in [3.05, 3.63) is 11.8 Å². The summed E-state index contributed by atoms with van der Waals surface area (Å²) in [4.78, 5) is 0. The van der Waals surface area contributed by atoms with Crippen molar-refractivity contribution in [3.8, 4) is 0 Å². The molecule has 86 valence electrons. The largest absolute Gasteiger partial charge is 0.391 e. The Balaban J connectivity index is 2.26. The van der Waals surface area contributed by atoms with Crippen LogP contribution in [-0.4, -0.2) is 22.6 Å². The van der Waals surface area contributed by atoms with E-state index in [1.54, 1.807) is 13.1 Å². The van der Waals surface area contributed by atoms with Crippen LogP contribution in [0, 0.1) is 0 Å². The Labute approximate surface area is 84.8 Å². The predicted octanol–water partition coefficient (Wildman–Crippen LogP) is 1.47. The fraction of sp³-hybridized carbons (Fsp3) is 0.625. The lowest BCUT2D eigenvalue weighted by Gasteiger charge is -2.05. The summed E-state index contributed by atoms with van der Waals surface area (Å²) < 4.78 is 41.4. The number of aryl methyl sites for hydroxylation is 1. The minimum absolute atomic E-state index is 0.0428. The molecule has 1 aromatic rings. The topological polar surface area (TPSA) is 53.1 Å². The first-order valence-corrected chi connectivity index (χ1v) is 4.31. The second kappa shape index (κ2) is 4.52. The maximum absolute atomic E-state index is 11.7. The molecule has 0 aliphatic heterocycles. The van der Waals surface area contributed by atoms with Gasteiger partial charge in [0.15, 0.2) is 0 Å². The molecule has 0 spiro atoms. The van der Waals surface area contributed by atoms with E-state index >= 15 is 0 Å². The molecule has 15 heavy (non-hydrogen) atoms. The Hall–Kier alpha value is -1.24. The van der Waals surface area contributed by atoms with Crippen LogP contribution >= 0.6 is 0 Å². The van der Waals surface area contributed by atoms with Crippen molar-refractivity contribution >= 4 is 5.82 Å². The lowest BCUT2D eigenvalue weighted by Crippen LogP contribution is -2.11. The molecule has 0 unspecified atom stereocenters. The summed E-state index contributed by atoms with van der Waals surface area (Å²) >= 11 is 0. The molecular weight excluding hydrogens is 211 g/mol. The van der Waals surface area contributed by atoms with Crippen LogP contribution in [0.1, 0.15) is 12.1 Å². The Bertz CT molecular complexity index is 302. The Morgan fingerprint density at radius 3 is 2.67 bits per heavy atom. The van der Waals surface area contributed by atoms with Crippen molar-refractivity contribution in [1.82, 2.24) is 9.78 Å². The zero-order valence-corrected chi connectivity index (χ0v) is 8.21. The molecule has 1 rings (SSSR count). The quantitative estimate of drug-likeness (QED) is 0.786. The molecule has 0 radical (unpaired) electrons. The van der Waals surface area contributed by atoms with Crippen molar-refractivity contribution in [2.45, 2.75) is 19.2 Å². The summed E-state index contributed by atoms with van der Waals surface area (Å²) in [6, 6.07) is 1.56. The summed E-state index contributed by atoms with van der Waals surface area (Å²) in [5, 5.41) is 3.93. The molecule has 0 amide bonds. The lowest BCUT2D eigenvalue weighted by atomic mass is 10.4. The van der Waals surface area contributed by atoms with Gasteiger partial charge in [0.1, 0.15) is 5.82 Å². The van der Waals surface area contributed by atoms with Crippen LogP contribution in [0.5, 0.6) is 0 Å². The monoisotopic (exact) mass is 223 g/mol. The van der Waals surface area contributed by atoms with Gasteiger partial charge in [0.05, 0.1) is 25.3 Å². The number of nitrogens with zero attached hydrogens (tertiary/aromatic N) is 2. The number of rotatable bonds is 4. The van der Waals surface area contributed by atoms with Gasteiger partial charge in [0.25, 0.3) is 0 Å². The van der Waals surface area contributed by atoms with Gasteiger partial charge >= 0.3 is 6.18 Å². The van der Waals surface area contributed by atoms with E-state index < -0.39 is 12.6 Å². The molecular formula is C8H12F3N3O. The summed E-state index contributed by atoms with van der Waals surface area (Å²) in [5.74, 6) is 0.449. The van der Waals surface area contributed by atoms with Crippen molar-refractivity contribution in [2.75, 3.05) is 12.3 Å². The summed E-state index contributed by atoms with van der Waals surface area (Å²) in [6.45, 7) is -0.318. The molecule has 0 fully saturated rings. The van der Waals surface area contributed by atoms with E-state index in [4.69, 9.17) is 10.5 Å². The third-order valence-corrected chi connectivity index (χ3v) is 1.75. The number of halogens is 3. The number of hydrogen-bond donors (Lipinski definition) is 1. The van der Waals surface area contributed by atoms with E-state index in [2.05, 4.69) is 5.10 Å². The normalized spacial score (nSPS) is 12.0. The fourth-order valence-corrected chi connectivity index (χ4v) is 0.979. The fourth-order valence-electron chi connectivity index (χ4n) is 0.979. The van der Waals surface area contributed by atoms with Crippen LogP contribution < -0.4 is 5.73 Å². The first-order valence-electron chi connectivity index (χ1n) is 4.31. The highest BCUT2D eigenvalue weighted by Crippen LogP contribution is 2.19. The summed E-state index contributed by atoms with van der Waals surface area (Å²) in [7, 11) is 1.65. The van der Waals surface area contributed by atoms with Crippen molar-refractivity contribution in [3.63, 3.8) is 0 Å². The maximum Gasteiger partial charge on any atom is 0.391 e. The third-order valence-electron chi connectivity index (χ3n) is 1.75. The number of anilines is 1. The zero-order valence-electron chi connectivity index (χ0n) is 8.21. The number of nitrogen functional groups attached to an aromatic ring is 1. The van der Waals surface area contributed by atoms with Crippen LogP contribution in [0.25, 0.3) is 0 Å². The first-order chi connectivity index (χ1) is 6.88. The molecule has 0 bridgehead atoms. The molecule has 0 saturated heterocycles. The van der Waals surface area contributed by atoms with Crippen LogP contribution in [0.2, 0.25) is 0 Å². The highest BCUT2D eigenvalue weighted by molar-refractivity contribution is 5.29. The average molecular weight is 223 g/mol. The lowest BCUT2D eigenvalue weighted by molar-refractivity contribution is -0.146. The zero-order chi connectivity index (χ0) is 11.5. The second-order valence-corrected chi connectivity index (χ2v) is 3.10. The van der Waals surface area contributed by atoms with Gasteiger partial charge in [-0.15, -0.1) is 0 Å². The third kappa shape index (κ3) is 4.20. The van der Waals surface area contributed by atoms with E-state index in [0.717, 1.165) is 0 Å². The highest BCUT2D eigenvalue weighted by Gasteiger charge is 2.26. The second-order valence-electron chi connectivity index (χ2n) is 3.10. The van der Waals surface area contributed by atoms with Gasteiger partial charge in [-0.1, -0.05) is 0 Å². The molecule has 0 aromatic carbocycles. The average Bonchev–Trinajstić information content (AvgIpc) is 2.39. The number of hydrogen-bond acceptors (Lipinski definition) is 3. The van der Waals surface area contributed by atoms with E-state index in [0.29, 0.717) is 11.5 Å². The Morgan fingerprint density at radius 1 is 1.53 bits per heavy atom. The van der Waals surface area contributed by atoms with E-state index in [1.807, 2.05) is 0 Å². The van der Waals surface area contributed by atoms with Gasteiger partial charge in [-0.25, -0.2) is 0 Å². The standard InChI is InChI=1S/C8H12F3N3O/c1-14-7(12)4-6(13-14)5-15-3-2-8(9,10)11/h4H,2-3,5,12H2,1H3. The SMILES string of the molecule is Cn1nc(COCCC(F)(F)F)cc1N. The van der Waals surface area contributed by atoms with Gasteiger partial charge < -0.3 is 10.5 Å². The highest BCUT2D eigenvalue weighted by atomic mass is 19.4. The number of alkyl halides is 3. The minimum atomic E-state index is -4.18. The molecule has 0 aliphatic carbocycles. The molecule has 2 N–H and O–H groups in total. The molecule has 0 saturated carbocycles. The Kier molecular flexibility index (Phi) is 3.57. The van der Waals surface area contributed by atoms with Crippen LogP contribution in [0.15, 0.2) is 6.07 Å².